The van der Waals surface area contributed by atoms with Crippen molar-refractivity contribution in [3.05, 3.63) is 120 Å². The molecule has 0 saturated carbocycles. The predicted octanol–water partition coefficient (Wildman–Crippen LogP) is 6.07. The quantitative estimate of drug-likeness (QED) is 0.257. The van der Waals surface area contributed by atoms with Crippen LogP contribution in [0.5, 0.6) is 0 Å². The summed E-state index contributed by atoms with van der Waals surface area (Å²) in [6.07, 6.45) is 3.88. The summed E-state index contributed by atoms with van der Waals surface area (Å²) < 4.78 is 1.68. The highest BCUT2D eigenvalue weighted by atomic mass is 35.5. The molecular formula is C31H25ClN6O2S. The molecule has 1 atom stereocenters. The van der Waals surface area contributed by atoms with Crippen LogP contribution in [0, 0.1) is 0 Å². The van der Waals surface area contributed by atoms with Crippen LogP contribution in [0.3, 0.4) is 0 Å². The third-order valence-corrected chi connectivity index (χ3v) is 9.00. The second kappa shape index (κ2) is 10.2. The first-order valence-electron chi connectivity index (χ1n) is 13.3. The average molecular weight is 581 g/mol. The maximum Gasteiger partial charge on any atom is 0.265 e. The molecule has 10 heteroatoms. The fraction of sp³-hybridized carbons (Fsp3) is 0.161. The van der Waals surface area contributed by atoms with Crippen LogP contribution in [0.2, 0.25) is 5.02 Å². The largest absolute Gasteiger partial charge is 0.365 e. The van der Waals surface area contributed by atoms with E-state index in [0.29, 0.717) is 44.0 Å². The van der Waals surface area contributed by atoms with Crippen molar-refractivity contribution in [3.63, 3.8) is 0 Å². The van der Waals surface area contributed by atoms with Crippen LogP contribution < -0.4 is 21.2 Å². The molecule has 0 fully saturated rings. The van der Waals surface area contributed by atoms with Crippen molar-refractivity contribution in [1.29, 1.82) is 0 Å². The monoisotopic (exact) mass is 580 g/mol. The van der Waals surface area contributed by atoms with Crippen LogP contribution in [0.25, 0.3) is 27.5 Å². The van der Waals surface area contributed by atoms with E-state index < -0.39 is 6.04 Å². The Hall–Kier alpha value is -4.47. The number of anilines is 2. The maximum absolute atomic E-state index is 14.6. The van der Waals surface area contributed by atoms with Gasteiger partial charge in [0, 0.05) is 34.8 Å². The summed E-state index contributed by atoms with van der Waals surface area (Å²) in [4.78, 5) is 42.4. The second-order valence-electron chi connectivity index (χ2n) is 10.1. The first-order valence-corrected chi connectivity index (χ1v) is 14.6. The predicted molar refractivity (Wildman–Crippen MR) is 166 cm³/mol. The van der Waals surface area contributed by atoms with Crippen molar-refractivity contribution in [1.82, 2.24) is 19.5 Å². The number of H-pyrrole nitrogens is 1. The number of aromatic amines is 1. The molecule has 2 N–H and O–H groups in total. The summed E-state index contributed by atoms with van der Waals surface area (Å²) in [5.41, 5.74) is 3.59. The lowest BCUT2D eigenvalue weighted by atomic mass is 10.0. The van der Waals surface area contributed by atoms with Gasteiger partial charge in [0.15, 0.2) is 5.43 Å². The minimum Gasteiger partial charge on any atom is -0.365 e. The molecule has 6 aromatic rings. The normalized spacial score (nSPS) is 13.9. The zero-order valence-corrected chi connectivity index (χ0v) is 23.7. The third kappa shape index (κ3) is 4.29. The van der Waals surface area contributed by atoms with Gasteiger partial charge < -0.3 is 15.2 Å². The van der Waals surface area contributed by atoms with Crippen molar-refractivity contribution < 1.29 is 0 Å². The number of hydrogen-bond donors (Lipinski definition) is 2. The number of benzene rings is 2. The Kier molecular flexibility index (Phi) is 6.33. The molecule has 8 nitrogen and oxygen atoms in total. The van der Waals surface area contributed by atoms with Crippen LogP contribution in [-0.2, 0) is 13.0 Å². The summed E-state index contributed by atoms with van der Waals surface area (Å²) in [5, 5.41) is 7.55. The molecule has 204 valence electrons. The molecule has 41 heavy (non-hydrogen) atoms. The molecule has 2 aromatic carbocycles. The summed E-state index contributed by atoms with van der Waals surface area (Å²) in [6.45, 7) is 3.48. The van der Waals surface area contributed by atoms with E-state index in [9.17, 15) is 9.59 Å². The number of rotatable bonds is 5. The lowest BCUT2D eigenvalue weighted by Gasteiger charge is -2.30. The summed E-state index contributed by atoms with van der Waals surface area (Å²) in [7, 11) is 0. The van der Waals surface area contributed by atoms with E-state index in [0.717, 1.165) is 25.2 Å². The molecule has 1 aliphatic heterocycles. The Morgan fingerprint density at radius 3 is 2.73 bits per heavy atom. The van der Waals surface area contributed by atoms with Crippen molar-refractivity contribution in [3.8, 4) is 5.69 Å². The minimum absolute atomic E-state index is 0.155. The lowest BCUT2D eigenvalue weighted by Crippen LogP contribution is -2.32. The summed E-state index contributed by atoms with van der Waals surface area (Å²) in [5.74, 6) is 0.362. The molecule has 1 aliphatic rings. The van der Waals surface area contributed by atoms with Gasteiger partial charge in [-0.3, -0.25) is 14.2 Å². The van der Waals surface area contributed by atoms with Gasteiger partial charge >= 0.3 is 0 Å². The van der Waals surface area contributed by atoms with E-state index in [1.165, 1.54) is 22.8 Å². The fourth-order valence-corrected chi connectivity index (χ4v) is 7.07. The molecule has 4 aromatic heterocycles. The van der Waals surface area contributed by atoms with Crippen molar-refractivity contribution in [2.24, 2.45) is 0 Å². The minimum atomic E-state index is -0.496. The van der Waals surface area contributed by atoms with Gasteiger partial charge in [0.25, 0.3) is 5.56 Å². The molecule has 5 heterocycles. The fourth-order valence-electron chi connectivity index (χ4n) is 5.72. The van der Waals surface area contributed by atoms with Crippen LogP contribution in [0.4, 0.5) is 11.5 Å². The molecule has 0 amide bonds. The van der Waals surface area contributed by atoms with Crippen LogP contribution >= 0.6 is 22.9 Å². The topological polar surface area (TPSA) is 95.9 Å². The van der Waals surface area contributed by atoms with Gasteiger partial charge in [0.1, 0.15) is 23.2 Å². The van der Waals surface area contributed by atoms with E-state index in [4.69, 9.17) is 11.6 Å². The number of pyridine rings is 2. The highest BCUT2D eigenvalue weighted by Gasteiger charge is 2.26. The van der Waals surface area contributed by atoms with Gasteiger partial charge in [-0.05, 0) is 48.6 Å². The number of para-hydroxylation sites is 1. The second-order valence-corrected chi connectivity index (χ2v) is 11.4. The van der Waals surface area contributed by atoms with E-state index in [1.54, 1.807) is 22.1 Å². The molecule has 0 spiro atoms. The molecule has 7 rings (SSSR count). The van der Waals surface area contributed by atoms with Crippen molar-refractivity contribution in [2.75, 3.05) is 16.8 Å². The third-order valence-electron chi connectivity index (χ3n) is 7.65. The van der Waals surface area contributed by atoms with E-state index in [2.05, 4.69) is 36.6 Å². The molecule has 0 saturated heterocycles. The van der Waals surface area contributed by atoms with Crippen LogP contribution in [0.1, 0.15) is 29.1 Å². The number of halogens is 1. The van der Waals surface area contributed by atoms with Gasteiger partial charge in [-0.1, -0.05) is 41.9 Å². The van der Waals surface area contributed by atoms with Crippen LogP contribution in [0.15, 0.2) is 88.2 Å². The Bertz CT molecular complexity index is 2050. The zero-order valence-electron chi connectivity index (χ0n) is 22.1. The zero-order chi connectivity index (χ0) is 28.1. The van der Waals surface area contributed by atoms with Crippen LogP contribution in [-0.4, -0.2) is 26.1 Å². The average Bonchev–Trinajstić information content (AvgIpc) is 3.47. The molecular weight excluding hydrogens is 556 g/mol. The summed E-state index contributed by atoms with van der Waals surface area (Å²) >= 11 is 8.99. The van der Waals surface area contributed by atoms with Crippen molar-refractivity contribution in [2.45, 2.75) is 25.9 Å². The number of nitrogens with one attached hydrogen (secondary N) is 2. The van der Waals surface area contributed by atoms with E-state index in [-0.39, 0.29) is 11.0 Å². The Balaban J connectivity index is 1.43. The SMILES string of the molecule is C[C@H](Nc1ncnc2[nH]ccc(=O)c12)c1c(Cl)c2cccc(N3CCc4ccsc4C3)c2c(=O)n1-c1ccccc1. The molecule has 0 aliphatic carbocycles. The van der Waals surface area contributed by atoms with Gasteiger partial charge in [-0.15, -0.1) is 11.3 Å². The first-order chi connectivity index (χ1) is 20.0. The standard InChI is InChI=1S/C31H25ClN6O2S/c1-18(36-30-26-23(39)10-13-33-29(26)34-17-35-30)28-27(32)21-8-5-9-22(37-14-11-19-12-15-41-24(19)16-37)25(21)31(40)38(28)20-6-3-2-4-7-20/h2-10,12-13,15,17-18H,11,14,16H2,1H3,(H2,33,34,35,36,39)/t18-/m0/s1. The Morgan fingerprint density at radius 1 is 1.02 bits per heavy atom. The lowest BCUT2D eigenvalue weighted by molar-refractivity contribution is 0.745. The Labute approximate surface area is 243 Å². The molecule has 0 radical (unpaired) electrons. The van der Waals surface area contributed by atoms with Gasteiger partial charge in [-0.25, -0.2) is 9.97 Å². The first kappa shape index (κ1) is 25.5. The smallest absolute Gasteiger partial charge is 0.265 e. The highest BCUT2D eigenvalue weighted by molar-refractivity contribution is 7.10. The molecule has 0 bridgehead atoms. The van der Waals surface area contributed by atoms with E-state index >= 15 is 0 Å². The van der Waals surface area contributed by atoms with Crippen molar-refractivity contribution >= 4 is 56.2 Å². The van der Waals surface area contributed by atoms with Gasteiger partial charge in [0.05, 0.1) is 34.4 Å². The molecule has 0 unspecified atom stereocenters. The van der Waals surface area contributed by atoms with Gasteiger partial charge in [-0.2, -0.15) is 0 Å². The van der Waals surface area contributed by atoms with Gasteiger partial charge in [0.2, 0.25) is 0 Å². The number of hydrogen-bond acceptors (Lipinski definition) is 7. The number of thiophene rings is 1. The van der Waals surface area contributed by atoms with E-state index in [1.807, 2.05) is 55.5 Å². The number of aromatic nitrogens is 4. The number of nitrogens with zero attached hydrogens (tertiary/aromatic N) is 4. The number of fused-ring (bicyclic) bond motifs is 3. The summed E-state index contributed by atoms with van der Waals surface area (Å²) in [6, 6.07) is 18.5. The Morgan fingerprint density at radius 2 is 1.88 bits per heavy atom. The maximum atomic E-state index is 14.6. The highest BCUT2D eigenvalue weighted by Crippen LogP contribution is 2.37.